The molecule has 1 aromatic carbocycles. The van der Waals surface area contributed by atoms with Crippen molar-refractivity contribution in [1.82, 2.24) is 19.9 Å². The van der Waals surface area contributed by atoms with Gasteiger partial charge >= 0.3 is 0 Å². The van der Waals surface area contributed by atoms with Gasteiger partial charge in [-0.3, -0.25) is 14.7 Å². The standard InChI is InChI=1S/C19H20N4OS/c1-13(23-6-2-3-7-23)17(24)9-19-21-10-15-5-4-14(8-16(15)22-19)18-11-20-12-25-18/h4-5,8,10-13H,2-3,6-7,9H2,1H3. The summed E-state index contributed by atoms with van der Waals surface area (Å²) in [7, 11) is 0. The van der Waals surface area contributed by atoms with Gasteiger partial charge < -0.3 is 0 Å². The third kappa shape index (κ3) is 3.45. The maximum absolute atomic E-state index is 12.6. The van der Waals surface area contributed by atoms with E-state index in [2.05, 4.69) is 25.9 Å². The Balaban J connectivity index is 1.56. The molecular formula is C19H20N4OS. The molecule has 3 heterocycles. The molecule has 128 valence electrons. The molecular weight excluding hydrogens is 332 g/mol. The highest BCUT2D eigenvalue weighted by atomic mass is 32.1. The topological polar surface area (TPSA) is 59.0 Å². The van der Waals surface area contributed by atoms with Gasteiger partial charge in [-0.1, -0.05) is 12.1 Å². The van der Waals surface area contributed by atoms with Crippen LogP contribution in [0.2, 0.25) is 0 Å². The molecule has 1 aliphatic rings. The van der Waals surface area contributed by atoms with Crippen LogP contribution >= 0.6 is 11.3 Å². The number of ketones is 1. The molecule has 1 fully saturated rings. The summed E-state index contributed by atoms with van der Waals surface area (Å²) < 4.78 is 0. The van der Waals surface area contributed by atoms with E-state index in [0.717, 1.165) is 34.4 Å². The second-order valence-corrected chi connectivity index (χ2v) is 7.37. The summed E-state index contributed by atoms with van der Waals surface area (Å²) in [5.41, 5.74) is 3.79. The van der Waals surface area contributed by atoms with Crippen molar-refractivity contribution in [2.45, 2.75) is 32.2 Å². The van der Waals surface area contributed by atoms with Crippen molar-refractivity contribution < 1.29 is 4.79 Å². The molecule has 0 amide bonds. The minimum atomic E-state index is -0.0506. The molecule has 1 unspecified atom stereocenters. The van der Waals surface area contributed by atoms with Crippen LogP contribution in [0.15, 0.2) is 36.1 Å². The van der Waals surface area contributed by atoms with Gasteiger partial charge in [0.25, 0.3) is 0 Å². The number of hydrogen-bond acceptors (Lipinski definition) is 6. The number of carbonyl (C=O) groups excluding carboxylic acids is 1. The van der Waals surface area contributed by atoms with Gasteiger partial charge in [0.15, 0.2) is 5.78 Å². The van der Waals surface area contributed by atoms with Crippen LogP contribution in [0.25, 0.3) is 21.3 Å². The highest BCUT2D eigenvalue weighted by Gasteiger charge is 2.24. The summed E-state index contributed by atoms with van der Waals surface area (Å²) in [5.74, 6) is 0.796. The highest BCUT2D eigenvalue weighted by molar-refractivity contribution is 7.13. The summed E-state index contributed by atoms with van der Waals surface area (Å²) in [4.78, 5) is 29.1. The fourth-order valence-corrected chi connectivity index (χ4v) is 3.91. The summed E-state index contributed by atoms with van der Waals surface area (Å²) in [6, 6.07) is 6.07. The first-order valence-corrected chi connectivity index (χ1v) is 9.50. The molecule has 0 saturated carbocycles. The monoisotopic (exact) mass is 352 g/mol. The van der Waals surface area contributed by atoms with Crippen molar-refractivity contribution in [3.8, 4) is 10.4 Å². The van der Waals surface area contributed by atoms with Gasteiger partial charge in [0.2, 0.25) is 0 Å². The maximum atomic E-state index is 12.6. The van der Waals surface area contributed by atoms with Gasteiger partial charge in [-0.25, -0.2) is 9.97 Å². The molecule has 0 N–H and O–H groups in total. The Hall–Kier alpha value is -2.18. The largest absolute Gasteiger partial charge is 0.297 e. The van der Waals surface area contributed by atoms with Crippen molar-refractivity contribution in [3.63, 3.8) is 0 Å². The first kappa shape index (κ1) is 16.3. The molecule has 1 saturated heterocycles. The normalized spacial score (nSPS) is 16.4. The van der Waals surface area contributed by atoms with E-state index in [1.807, 2.05) is 37.0 Å². The van der Waals surface area contributed by atoms with Crippen LogP contribution in [0.4, 0.5) is 0 Å². The number of fused-ring (bicyclic) bond motifs is 1. The predicted molar refractivity (Wildman–Crippen MR) is 99.6 cm³/mol. The lowest BCUT2D eigenvalue weighted by Crippen LogP contribution is -2.37. The Morgan fingerprint density at radius 1 is 1.28 bits per heavy atom. The van der Waals surface area contributed by atoms with E-state index in [0.29, 0.717) is 12.2 Å². The van der Waals surface area contributed by atoms with Crippen LogP contribution in [0, 0.1) is 0 Å². The number of rotatable bonds is 5. The molecule has 6 heteroatoms. The maximum Gasteiger partial charge on any atom is 0.157 e. The third-order valence-electron chi connectivity index (χ3n) is 4.84. The van der Waals surface area contributed by atoms with Gasteiger partial charge in [0.05, 0.1) is 28.4 Å². The SMILES string of the molecule is CC(C(=O)Cc1ncc2ccc(-c3cncs3)cc2n1)N1CCCC1. The van der Waals surface area contributed by atoms with Gasteiger partial charge in [0, 0.05) is 17.8 Å². The van der Waals surface area contributed by atoms with Crippen molar-refractivity contribution in [1.29, 1.82) is 0 Å². The summed E-state index contributed by atoms with van der Waals surface area (Å²) >= 11 is 1.60. The average Bonchev–Trinajstić information content (AvgIpc) is 3.34. The Bertz CT molecular complexity index is 888. The predicted octanol–water partition coefficient (Wildman–Crippen LogP) is 3.35. The number of hydrogen-bond donors (Lipinski definition) is 0. The minimum Gasteiger partial charge on any atom is -0.297 e. The molecule has 2 aromatic heterocycles. The fourth-order valence-electron chi connectivity index (χ4n) is 3.29. The molecule has 4 rings (SSSR count). The number of carbonyl (C=O) groups is 1. The number of Topliss-reactive ketones (excluding diaryl/α,β-unsaturated/α-hetero) is 1. The van der Waals surface area contributed by atoms with E-state index in [9.17, 15) is 4.79 Å². The molecule has 1 atom stereocenters. The van der Waals surface area contributed by atoms with Gasteiger partial charge in [-0.2, -0.15) is 0 Å². The Kier molecular flexibility index (Phi) is 4.55. The van der Waals surface area contributed by atoms with Crippen LogP contribution in [0.3, 0.4) is 0 Å². The number of likely N-dealkylation sites (tertiary alicyclic amines) is 1. The lowest BCUT2D eigenvalue weighted by molar-refractivity contribution is -0.122. The third-order valence-corrected chi connectivity index (χ3v) is 5.66. The zero-order valence-electron chi connectivity index (χ0n) is 14.2. The van der Waals surface area contributed by atoms with E-state index >= 15 is 0 Å². The quantitative estimate of drug-likeness (QED) is 0.705. The fraction of sp³-hybridized carbons (Fsp3) is 0.368. The summed E-state index contributed by atoms with van der Waals surface area (Å²) in [5, 5.41) is 0.983. The van der Waals surface area contributed by atoms with Crippen molar-refractivity contribution in [2.75, 3.05) is 13.1 Å². The lowest BCUT2D eigenvalue weighted by atomic mass is 10.1. The van der Waals surface area contributed by atoms with E-state index in [1.54, 1.807) is 11.3 Å². The Morgan fingerprint density at radius 3 is 2.88 bits per heavy atom. The molecule has 3 aromatic rings. The first-order valence-electron chi connectivity index (χ1n) is 8.62. The van der Waals surface area contributed by atoms with Gasteiger partial charge in [-0.05, 0) is 44.5 Å². The van der Waals surface area contributed by atoms with Crippen molar-refractivity contribution >= 4 is 28.0 Å². The van der Waals surface area contributed by atoms with Crippen molar-refractivity contribution in [2.24, 2.45) is 0 Å². The van der Waals surface area contributed by atoms with Crippen LogP contribution in [-0.2, 0) is 11.2 Å². The molecule has 0 aliphatic carbocycles. The number of thiazole rings is 1. The number of aromatic nitrogens is 3. The Labute approximate surface area is 150 Å². The van der Waals surface area contributed by atoms with Crippen molar-refractivity contribution in [3.05, 3.63) is 41.9 Å². The minimum absolute atomic E-state index is 0.0506. The van der Waals surface area contributed by atoms with E-state index in [-0.39, 0.29) is 11.8 Å². The number of nitrogens with zero attached hydrogens (tertiary/aromatic N) is 4. The molecule has 25 heavy (non-hydrogen) atoms. The summed E-state index contributed by atoms with van der Waals surface area (Å²) in [6.07, 6.45) is 6.32. The van der Waals surface area contributed by atoms with E-state index in [4.69, 9.17) is 0 Å². The van der Waals surface area contributed by atoms with Gasteiger partial charge in [-0.15, -0.1) is 11.3 Å². The second-order valence-electron chi connectivity index (χ2n) is 6.49. The van der Waals surface area contributed by atoms with Gasteiger partial charge in [0.1, 0.15) is 5.82 Å². The van der Waals surface area contributed by atoms with Crippen LogP contribution < -0.4 is 0 Å². The zero-order chi connectivity index (χ0) is 17.2. The Morgan fingerprint density at radius 2 is 2.12 bits per heavy atom. The molecule has 0 radical (unpaired) electrons. The van der Waals surface area contributed by atoms with E-state index < -0.39 is 0 Å². The summed E-state index contributed by atoms with van der Waals surface area (Å²) in [6.45, 7) is 4.03. The van der Waals surface area contributed by atoms with Crippen LogP contribution in [-0.4, -0.2) is 44.8 Å². The smallest absolute Gasteiger partial charge is 0.157 e. The number of benzene rings is 1. The van der Waals surface area contributed by atoms with Crippen LogP contribution in [0.5, 0.6) is 0 Å². The average molecular weight is 352 g/mol. The second kappa shape index (κ2) is 6.98. The van der Waals surface area contributed by atoms with Crippen LogP contribution in [0.1, 0.15) is 25.6 Å². The lowest BCUT2D eigenvalue weighted by Gasteiger charge is -2.22. The van der Waals surface area contributed by atoms with E-state index in [1.165, 1.54) is 12.8 Å². The molecule has 5 nitrogen and oxygen atoms in total. The molecule has 0 spiro atoms. The molecule has 1 aliphatic heterocycles. The zero-order valence-corrected chi connectivity index (χ0v) is 15.0. The molecule has 0 bridgehead atoms. The first-order chi connectivity index (χ1) is 12.2. The highest BCUT2D eigenvalue weighted by Crippen LogP contribution is 2.26.